The predicted molar refractivity (Wildman–Crippen MR) is 107 cm³/mol. The molecule has 3 aromatic rings. The first-order valence-corrected chi connectivity index (χ1v) is 9.37. The monoisotopic (exact) mass is 371 g/mol. The van der Waals surface area contributed by atoms with Gasteiger partial charge in [0.1, 0.15) is 0 Å². The average Bonchev–Trinajstić information content (AvgIpc) is 3.13. The number of amides is 2. The maximum absolute atomic E-state index is 12.8. The minimum atomic E-state index is -0.984. The molecule has 1 saturated heterocycles. The summed E-state index contributed by atoms with van der Waals surface area (Å²) in [7, 11) is 0. The van der Waals surface area contributed by atoms with Crippen molar-refractivity contribution < 1.29 is 14.3 Å². The summed E-state index contributed by atoms with van der Waals surface area (Å²) in [5.41, 5.74) is 1.80. The van der Waals surface area contributed by atoms with Crippen molar-refractivity contribution in [1.82, 2.24) is 4.90 Å². The zero-order valence-corrected chi connectivity index (χ0v) is 15.5. The lowest BCUT2D eigenvalue weighted by Crippen LogP contribution is -2.36. The van der Waals surface area contributed by atoms with Crippen molar-refractivity contribution in [2.45, 2.75) is 18.4 Å². The summed E-state index contributed by atoms with van der Waals surface area (Å²) in [6, 6.07) is 29.0. The summed E-state index contributed by atoms with van der Waals surface area (Å²) in [5.74, 6) is -0.220. The first-order valence-electron chi connectivity index (χ1n) is 9.37. The Balaban J connectivity index is 1.60. The molecule has 1 heterocycles. The summed E-state index contributed by atoms with van der Waals surface area (Å²) >= 11 is 0. The number of cyclic esters (lactones) is 1. The molecule has 140 valence electrons. The standard InChI is InChI=1S/C24H21NO3/c26-22(17-16-19-10-4-1-5-11-19)25-18-24(28-23(25)27,20-12-6-2-7-13-20)21-14-8-3-9-15-21/h1-15H,16-18H2. The van der Waals surface area contributed by atoms with Crippen LogP contribution in [0.25, 0.3) is 0 Å². The Kier molecular flexibility index (Phi) is 4.94. The molecule has 0 unspecified atom stereocenters. The maximum atomic E-state index is 12.8. The topological polar surface area (TPSA) is 46.6 Å². The summed E-state index contributed by atoms with van der Waals surface area (Å²) in [4.78, 5) is 26.7. The fourth-order valence-electron chi connectivity index (χ4n) is 3.63. The Hall–Kier alpha value is -3.40. The molecule has 4 nitrogen and oxygen atoms in total. The van der Waals surface area contributed by atoms with E-state index in [4.69, 9.17) is 4.74 Å². The van der Waals surface area contributed by atoms with Crippen LogP contribution in [0.1, 0.15) is 23.1 Å². The van der Waals surface area contributed by atoms with Crippen molar-refractivity contribution in [2.75, 3.05) is 6.54 Å². The fraction of sp³-hybridized carbons (Fsp3) is 0.167. The zero-order chi connectivity index (χ0) is 19.4. The van der Waals surface area contributed by atoms with Crippen molar-refractivity contribution >= 4 is 12.0 Å². The molecule has 4 heteroatoms. The maximum Gasteiger partial charge on any atom is 0.417 e. The SMILES string of the molecule is O=C(CCc1ccccc1)N1CC(c2ccccc2)(c2ccccc2)OC1=O. The van der Waals surface area contributed by atoms with E-state index >= 15 is 0 Å². The van der Waals surface area contributed by atoms with Gasteiger partial charge in [-0.25, -0.2) is 9.69 Å². The second kappa shape index (κ2) is 7.69. The van der Waals surface area contributed by atoms with Crippen LogP contribution in [0.2, 0.25) is 0 Å². The molecule has 0 aliphatic carbocycles. The quantitative estimate of drug-likeness (QED) is 0.661. The van der Waals surface area contributed by atoms with Crippen molar-refractivity contribution in [3.8, 4) is 0 Å². The molecule has 2 amide bonds. The highest BCUT2D eigenvalue weighted by Gasteiger charge is 2.49. The van der Waals surface area contributed by atoms with Crippen LogP contribution in [0.4, 0.5) is 4.79 Å². The van der Waals surface area contributed by atoms with Gasteiger partial charge >= 0.3 is 6.09 Å². The largest absolute Gasteiger partial charge is 0.431 e. The number of imide groups is 1. The van der Waals surface area contributed by atoms with E-state index in [0.717, 1.165) is 16.7 Å². The first-order chi connectivity index (χ1) is 13.7. The molecule has 0 saturated carbocycles. The Bertz CT molecular complexity index is 915. The van der Waals surface area contributed by atoms with Crippen molar-refractivity contribution in [1.29, 1.82) is 0 Å². The van der Waals surface area contributed by atoms with E-state index in [0.29, 0.717) is 6.42 Å². The van der Waals surface area contributed by atoms with E-state index in [1.807, 2.05) is 91.0 Å². The predicted octanol–water partition coefficient (Wildman–Crippen LogP) is 4.54. The second-order valence-electron chi connectivity index (χ2n) is 6.89. The molecule has 0 spiro atoms. The highest BCUT2D eigenvalue weighted by Crippen LogP contribution is 2.39. The number of nitrogens with zero attached hydrogens (tertiary/aromatic N) is 1. The van der Waals surface area contributed by atoms with E-state index in [1.165, 1.54) is 4.90 Å². The molecule has 1 fully saturated rings. The molecule has 28 heavy (non-hydrogen) atoms. The van der Waals surface area contributed by atoms with E-state index in [2.05, 4.69) is 0 Å². The van der Waals surface area contributed by atoms with Gasteiger partial charge in [0, 0.05) is 17.5 Å². The van der Waals surface area contributed by atoms with Gasteiger partial charge in [0.2, 0.25) is 5.91 Å². The number of ether oxygens (including phenoxy) is 1. The van der Waals surface area contributed by atoms with Crippen LogP contribution in [-0.2, 0) is 21.6 Å². The lowest BCUT2D eigenvalue weighted by atomic mass is 9.86. The van der Waals surface area contributed by atoms with Crippen molar-refractivity contribution in [2.24, 2.45) is 0 Å². The molecule has 4 rings (SSSR count). The number of carbonyl (C=O) groups is 2. The molecule has 0 radical (unpaired) electrons. The summed E-state index contributed by atoms with van der Waals surface area (Å²) in [6.45, 7) is 0.174. The van der Waals surface area contributed by atoms with Gasteiger partial charge in [0.15, 0.2) is 5.60 Å². The van der Waals surface area contributed by atoms with Gasteiger partial charge in [0.05, 0.1) is 6.54 Å². The van der Waals surface area contributed by atoms with Crippen molar-refractivity contribution in [3.05, 3.63) is 108 Å². The van der Waals surface area contributed by atoms with Gasteiger partial charge in [-0.15, -0.1) is 0 Å². The molecule has 3 aromatic carbocycles. The van der Waals surface area contributed by atoms with Gasteiger partial charge in [-0.2, -0.15) is 0 Å². The Labute approximate surface area is 164 Å². The molecule has 1 aliphatic rings. The van der Waals surface area contributed by atoms with Gasteiger partial charge in [-0.1, -0.05) is 91.0 Å². The lowest BCUT2D eigenvalue weighted by molar-refractivity contribution is -0.127. The third-order valence-electron chi connectivity index (χ3n) is 5.11. The van der Waals surface area contributed by atoms with Crippen LogP contribution < -0.4 is 0 Å². The molecule has 0 bridgehead atoms. The van der Waals surface area contributed by atoms with E-state index in [1.54, 1.807) is 0 Å². The third kappa shape index (κ3) is 3.41. The van der Waals surface area contributed by atoms with Crippen LogP contribution in [0.5, 0.6) is 0 Å². The van der Waals surface area contributed by atoms with Gasteiger partial charge < -0.3 is 4.74 Å². The first kappa shape index (κ1) is 18.0. The zero-order valence-electron chi connectivity index (χ0n) is 15.5. The molecular weight excluding hydrogens is 350 g/mol. The minimum absolute atomic E-state index is 0.174. The van der Waals surface area contributed by atoms with E-state index in [-0.39, 0.29) is 18.9 Å². The molecule has 1 aliphatic heterocycles. The molecule has 0 N–H and O–H groups in total. The summed E-state index contributed by atoms with van der Waals surface area (Å²) < 4.78 is 5.87. The summed E-state index contributed by atoms with van der Waals surface area (Å²) in [5, 5.41) is 0. The van der Waals surface area contributed by atoms with Gasteiger partial charge in [-0.3, -0.25) is 4.79 Å². The van der Waals surface area contributed by atoms with Gasteiger partial charge in [-0.05, 0) is 12.0 Å². The number of carbonyl (C=O) groups excluding carboxylic acids is 2. The van der Waals surface area contributed by atoms with E-state index < -0.39 is 11.7 Å². The number of hydrogen-bond acceptors (Lipinski definition) is 3. The fourth-order valence-corrected chi connectivity index (χ4v) is 3.63. The van der Waals surface area contributed by atoms with Crippen LogP contribution >= 0.6 is 0 Å². The second-order valence-corrected chi connectivity index (χ2v) is 6.89. The number of rotatable bonds is 5. The van der Waals surface area contributed by atoms with Crippen LogP contribution in [-0.4, -0.2) is 23.4 Å². The molecule has 0 atom stereocenters. The highest BCUT2D eigenvalue weighted by molar-refractivity contribution is 5.94. The smallest absolute Gasteiger partial charge is 0.417 e. The Morgan fingerprint density at radius 2 is 1.32 bits per heavy atom. The normalized spacial score (nSPS) is 15.3. The molecule has 0 aromatic heterocycles. The average molecular weight is 371 g/mol. The number of aryl methyl sites for hydroxylation is 1. The summed E-state index contributed by atoms with van der Waals surface area (Å²) in [6.07, 6.45) is 0.261. The number of benzene rings is 3. The highest BCUT2D eigenvalue weighted by atomic mass is 16.6. The third-order valence-corrected chi connectivity index (χ3v) is 5.11. The van der Waals surface area contributed by atoms with Crippen molar-refractivity contribution in [3.63, 3.8) is 0 Å². The van der Waals surface area contributed by atoms with Crippen LogP contribution in [0, 0.1) is 0 Å². The number of hydrogen-bond donors (Lipinski definition) is 0. The van der Waals surface area contributed by atoms with E-state index in [9.17, 15) is 9.59 Å². The molecular formula is C24H21NO3. The van der Waals surface area contributed by atoms with Crippen LogP contribution in [0.3, 0.4) is 0 Å². The lowest BCUT2D eigenvalue weighted by Gasteiger charge is -2.27. The Morgan fingerprint density at radius 1 is 0.821 bits per heavy atom. The van der Waals surface area contributed by atoms with Gasteiger partial charge in [0.25, 0.3) is 0 Å². The Morgan fingerprint density at radius 3 is 1.86 bits per heavy atom. The van der Waals surface area contributed by atoms with Crippen LogP contribution in [0.15, 0.2) is 91.0 Å². The minimum Gasteiger partial charge on any atom is -0.431 e.